The lowest BCUT2D eigenvalue weighted by molar-refractivity contribution is 1.05. The molecule has 0 unspecified atom stereocenters. The molecule has 0 aliphatic carbocycles. The zero-order valence-electron chi connectivity index (χ0n) is 62.4. The maximum absolute atomic E-state index is 10.1. The molecule has 8 heterocycles. The number of para-hydroxylation sites is 11. The Bertz CT molecular complexity index is 7760. The van der Waals surface area contributed by atoms with Crippen LogP contribution in [0, 0.1) is 11.3 Å². The summed E-state index contributed by atoms with van der Waals surface area (Å²) in [5, 5.41) is 23.9. The van der Waals surface area contributed by atoms with Gasteiger partial charge in [0.25, 0.3) is 0 Å². The highest BCUT2D eigenvalue weighted by Crippen LogP contribution is 2.49. The van der Waals surface area contributed by atoms with E-state index in [-0.39, 0.29) is 0 Å². The van der Waals surface area contributed by atoms with Crippen LogP contribution in [0.4, 0.5) is 0 Å². The lowest BCUT2D eigenvalue weighted by Gasteiger charge is -2.24. The standard InChI is InChI=1S/C106H64N10/c107-64-73-55-53-70(65-108-73)71-59-100(111-88-42-15-4-31-74(88)75-32-5-16-43-89(75)111)104(101(60-71)112-90-44-17-6-33-76(90)77-34-7-18-45-91(77)112)116-98-52-25-14-41-84(98)85-58-68(54-56-99(85)116)67-29-26-30-69(57-67)86-63-87(110-106(109-86)66-27-2-1-3-28-66)72-61-102(113-92-46-19-8-35-78(92)79-36-9-20-47-93(79)113)105(115-96-50-23-12-39-82(96)83-40-13-24-51-97(83)115)103(62-72)114-94-48-21-10-37-80(94)81-38-11-22-49-95(81)114/h1-63,65H. The predicted octanol–water partition coefficient (Wildman–Crippen LogP) is 26.7. The van der Waals surface area contributed by atoms with Crippen molar-refractivity contribution in [2.24, 2.45) is 0 Å². The number of nitrogens with zero attached hydrogens (tertiary/aromatic N) is 10. The van der Waals surface area contributed by atoms with E-state index in [0.29, 0.717) is 11.5 Å². The fraction of sp³-hybridized carbons (Fsp3) is 0. The zero-order valence-corrected chi connectivity index (χ0v) is 62.4. The molecule has 0 bridgehead atoms. The first-order chi connectivity index (χ1) is 57.5. The van der Waals surface area contributed by atoms with E-state index in [4.69, 9.17) is 9.97 Å². The number of fused-ring (bicyclic) bond motifs is 18. The van der Waals surface area contributed by atoms with E-state index in [1.807, 2.05) is 18.3 Å². The van der Waals surface area contributed by atoms with Crippen LogP contribution in [0.25, 0.3) is 221 Å². The molecule has 0 radical (unpaired) electrons. The van der Waals surface area contributed by atoms with Crippen LogP contribution >= 0.6 is 0 Å². The number of pyridine rings is 1. The molecule has 10 heteroatoms. The van der Waals surface area contributed by atoms with Crippen molar-refractivity contribution in [1.29, 1.82) is 5.26 Å². The zero-order chi connectivity index (χ0) is 76.2. The average molecular weight is 1480 g/mol. The van der Waals surface area contributed by atoms with Crippen LogP contribution in [0.1, 0.15) is 5.69 Å². The number of benzene rings is 16. The van der Waals surface area contributed by atoms with Crippen molar-refractivity contribution in [3.63, 3.8) is 0 Å². The summed E-state index contributed by atoms with van der Waals surface area (Å²) in [7, 11) is 0. The third-order valence-electron chi connectivity index (χ3n) is 23.9. The van der Waals surface area contributed by atoms with E-state index < -0.39 is 0 Å². The molecule has 538 valence electrons. The molecule has 10 nitrogen and oxygen atoms in total. The number of rotatable bonds is 11. The van der Waals surface area contributed by atoms with Crippen molar-refractivity contribution in [3.8, 4) is 96.3 Å². The minimum absolute atomic E-state index is 0.359. The predicted molar refractivity (Wildman–Crippen MR) is 478 cm³/mol. The van der Waals surface area contributed by atoms with Gasteiger partial charge in [0.05, 0.1) is 112 Å². The lowest BCUT2D eigenvalue weighted by Crippen LogP contribution is -2.10. The van der Waals surface area contributed by atoms with Crippen LogP contribution in [-0.2, 0) is 0 Å². The Hall–Kier alpha value is -16.0. The van der Waals surface area contributed by atoms with Crippen LogP contribution < -0.4 is 0 Å². The molecule has 0 aliphatic heterocycles. The maximum Gasteiger partial charge on any atom is 0.160 e. The lowest BCUT2D eigenvalue weighted by atomic mass is 9.98. The van der Waals surface area contributed by atoms with Crippen molar-refractivity contribution >= 4 is 131 Å². The Balaban J connectivity index is 0.745. The molecule has 0 saturated heterocycles. The molecule has 24 rings (SSSR count). The van der Waals surface area contributed by atoms with Gasteiger partial charge in [-0.2, -0.15) is 5.26 Å². The van der Waals surface area contributed by atoms with E-state index in [9.17, 15) is 5.26 Å². The van der Waals surface area contributed by atoms with Crippen molar-refractivity contribution in [2.45, 2.75) is 0 Å². The molecule has 8 aromatic heterocycles. The first kappa shape index (κ1) is 64.8. The fourth-order valence-corrected chi connectivity index (χ4v) is 18.9. The Morgan fingerprint density at radius 3 is 0.836 bits per heavy atom. The normalized spacial score (nSPS) is 12.0. The summed E-state index contributed by atoms with van der Waals surface area (Å²) in [4.78, 5) is 16.0. The molecule has 116 heavy (non-hydrogen) atoms. The van der Waals surface area contributed by atoms with Gasteiger partial charge in [-0.3, -0.25) is 0 Å². The highest BCUT2D eigenvalue weighted by molar-refractivity contribution is 6.17. The van der Waals surface area contributed by atoms with E-state index in [1.54, 1.807) is 0 Å². The van der Waals surface area contributed by atoms with Gasteiger partial charge >= 0.3 is 0 Å². The summed E-state index contributed by atoms with van der Waals surface area (Å²) < 4.78 is 14.9. The molecule has 0 N–H and O–H groups in total. The highest BCUT2D eigenvalue weighted by atomic mass is 15.1. The fourth-order valence-electron chi connectivity index (χ4n) is 18.9. The number of hydrogen-bond acceptors (Lipinski definition) is 4. The van der Waals surface area contributed by atoms with Gasteiger partial charge in [0, 0.05) is 93.1 Å². The minimum Gasteiger partial charge on any atom is -0.307 e. The maximum atomic E-state index is 10.1. The van der Waals surface area contributed by atoms with Gasteiger partial charge in [-0.1, -0.05) is 255 Å². The van der Waals surface area contributed by atoms with E-state index in [2.05, 4.69) is 409 Å². The summed E-state index contributed by atoms with van der Waals surface area (Å²) >= 11 is 0. The van der Waals surface area contributed by atoms with Crippen LogP contribution in [0.3, 0.4) is 0 Å². The minimum atomic E-state index is 0.359. The topological polar surface area (TPSA) is 92.0 Å². The summed E-state index contributed by atoms with van der Waals surface area (Å²) in [6.45, 7) is 0. The highest BCUT2D eigenvalue weighted by Gasteiger charge is 2.30. The smallest absolute Gasteiger partial charge is 0.160 e. The molecule has 24 aromatic rings. The van der Waals surface area contributed by atoms with Crippen molar-refractivity contribution in [2.75, 3.05) is 0 Å². The molecule has 0 spiro atoms. The van der Waals surface area contributed by atoms with Crippen LogP contribution in [0.5, 0.6) is 0 Å². The number of hydrogen-bond donors (Lipinski definition) is 0. The van der Waals surface area contributed by atoms with E-state index >= 15 is 0 Å². The number of aromatic nitrogens is 9. The summed E-state index contributed by atoms with van der Waals surface area (Å²) in [6, 6.07) is 141. The average Bonchev–Trinajstić information content (AvgIpc) is 1.54. The summed E-state index contributed by atoms with van der Waals surface area (Å²) in [6.07, 6.45) is 1.83. The monoisotopic (exact) mass is 1480 g/mol. The molecule has 0 aliphatic rings. The third-order valence-corrected chi connectivity index (χ3v) is 23.9. The van der Waals surface area contributed by atoms with E-state index in [1.165, 1.54) is 32.3 Å². The van der Waals surface area contributed by atoms with Crippen LogP contribution in [0.15, 0.2) is 388 Å². The summed E-state index contributed by atoms with van der Waals surface area (Å²) in [5.41, 5.74) is 27.6. The second-order valence-corrected chi connectivity index (χ2v) is 30.1. The third kappa shape index (κ3) is 9.73. The van der Waals surface area contributed by atoms with Gasteiger partial charge in [0.1, 0.15) is 11.8 Å². The van der Waals surface area contributed by atoms with Gasteiger partial charge in [-0.25, -0.2) is 15.0 Å². The first-order valence-electron chi connectivity index (χ1n) is 39.3. The largest absolute Gasteiger partial charge is 0.307 e. The Labute approximate surface area is 664 Å². The van der Waals surface area contributed by atoms with Crippen LogP contribution in [0.2, 0.25) is 0 Å². The van der Waals surface area contributed by atoms with Gasteiger partial charge in [-0.05, 0) is 144 Å². The molecule has 0 amide bonds. The Kier molecular flexibility index (Phi) is 14.3. The van der Waals surface area contributed by atoms with Gasteiger partial charge in [-0.15, -0.1) is 0 Å². The Morgan fingerprint density at radius 2 is 0.483 bits per heavy atom. The van der Waals surface area contributed by atoms with Gasteiger partial charge in [0.15, 0.2) is 5.82 Å². The molecular formula is C106H64N10. The molecule has 0 atom stereocenters. The molecule has 0 saturated carbocycles. The van der Waals surface area contributed by atoms with E-state index in [0.717, 1.165) is 183 Å². The quantitative estimate of drug-likeness (QED) is 0.129. The molecule has 0 fully saturated rings. The second kappa shape index (κ2) is 25.5. The second-order valence-electron chi connectivity index (χ2n) is 30.1. The summed E-state index contributed by atoms with van der Waals surface area (Å²) in [5.74, 6) is 0.614. The van der Waals surface area contributed by atoms with Crippen molar-refractivity contribution in [1.82, 2.24) is 42.4 Å². The van der Waals surface area contributed by atoms with Crippen LogP contribution in [-0.4, -0.2) is 42.4 Å². The molecular weight excluding hydrogens is 1410 g/mol. The van der Waals surface area contributed by atoms with Gasteiger partial charge < -0.3 is 27.4 Å². The Morgan fingerprint density at radius 1 is 0.198 bits per heavy atom. The van der Waals surface area contributed by atoms with Gasteiger partial charge in [0.2, 0.25) is 0 Å². The number of nitriles is 1. The van der Waals surface area contributed by atoms with Crippen molar-refractivity contribution < 1.29 is 0 Å². The van der Waals surface area contributed by atoms with Crippen molar-refractivity contribution in [3.05, 3.63) is 394 Å². The SMILES string of the molecule is N#Cc1ccc(-c2cc(-n3c4ccccc4c4ccccc43)c(-n3c4ccccc4c4cc(-c5cccc(-c6cc(-c7cc(-n8c9ccccc9c9ccccc98)c(-n8c9ccccc9c9ccccc98)c(-n8c9ccccc9c9ccccc98)c7)nc(-c7ccccc7)n6)c5)ccc43)c(-n3c4ccccc4c4ccccc43)c2)cn1. The molecule has 16 aromatic carbocycles. The first-order valence-corrected chi connectivity index (χ1v) is 39.3.